The number of phenolic OH excluding ortho intramolecular Hbond substituents is 1. The SMILES string of the molecule is Cc1cccc(C(=O)OCC(=O)Nc2ccc([N+](=O)[O-])cc2)c1O. The van der Waals surface area contributed by atoms with Crippen LogP contribution in [-0.4, -0.2) is 28.5 Å². The molecule has 124 valence electrons. The van der Waals surface area contributed by atoms with Gasteiger partial charge in [-0.3, -0.25) is 14.9 Å². The van der Waals surface area contributed by atoms with Crippen LogP contribution in [0.1, 0.15) is 15.9 Å². The minimum absolute atomic E-state index is 0.0295. The lowest BCUT2D eigenvalue weighted by atomic mass is 10.1. The molecule has 8 heteroatoms. The molecule has 1 amide bonds. The number of amides is 1. The van der Waals surface area contributed by atoms with Gasteiger partial charge in [0, 0.05) is 17.8 Å². The summed E-state index contributed by atoms with van der Waals surface area (Å²) in [5, 5.41) is 22.8. The number of carbonyl (C=O) groups excluding carboxylic acids is 2. The number of aryl methyl sites for hydroxylation is 1. The molecular formula is C16H14N2O6. The molecule has 0 aliphatic rings. The van der Waals surface area contributed by atoms with E-state index >= 15 is 0 Å². The number of anilines is 1. The lowest BCUT2D eigenvalue weighted by Gasteiger charge is -2.08. The van der Waals surface area contributed by atoms with Gasteiger partial charge in [0.2, 0.25) is 0 Å². The second-order valence-corrected chi connectivity index (χ2v) is 4.90. The zero-order valence-corrected chi connectivity index (χ0v) is 12.7. The summed E-state index contributed by atoms with van der Waals surface area (Å²) in [6.07, 6.45) is 0. The molecule has 0 atom stereocenters. The molecule has 8 nitrogen and oxygen atoms in total. The van der Waals surface area contributed by atoms with E-state index in [0.29, 0.717) is 11.3 Å². The van der Waals surface area contributed by atoms with Crippen molar-refractivity contribution in [2.45, 2.75) is 6.92 Å². The van der Waals surface area contributed by atoms with E-state index in [1.165, 1.54) is 30.3 Å². The maximum Gasteiger partial charge on any atom is 0.342 e. The van der Waals surface area contributed by atoms with Crippen LogP contribution in [0.25, 0.3) is 0 Å². The Hall–Kier alpha value is -3.42. The summed E-state index contributed by atoms with van der Waals surface area (Å²) in [6.45, 7) is 1.08. The first kappa shape index (κ1) is 16.9. The molecule has 0 radical (unpaired) electrons. The molecule has 0 unspecified atom stereocenters. The molecule has 0 aliphatic carbocycles. The first-order valence-corrected chi connectivity index (χ1v) is 6.88. The summed E-state index contributed by atoms with van der Waals surface area (Å²) < 4.78 is 4.84. The third-order valence-corrected chi connectivity index (χ3v) is 3.15. The number of carbonyl (C=O) groups is 2. The van der Waals surface area contributed by atoms with Crippen molar-refractivity contribution in [3.8, 4) is 5.75 Å². The number of nitrogens with zero attached hydrogens (tertiary/aromatic N) is 1. The Morgan fingerprint density at radius 3 is 2.50 bits per heavy atom. The average molecular weight is 330 g/mol. The summed E-state index contributed by atoms with van der Waals surface area (Å²) in [6, 6.07) is 9.82. The number of non-ortho nitro benzene ring substituents is 1. The van der Waals surface area contributed by atoms with Crippen LogP contribution in [0.15, 0.2) is 42.5 Å². The minimum atomic E-state index is -0.824. The van der Waals surface area contributed by atoms with Gasteiger partial charge in [-0.15, -0.1) is 0 Å². The van der Waals surface area contributed by atoms with Crippen LogP contribution in [0.4, 0.5) is 11.4 Å². The van der Waals surface area contributed by atoms with Gasteiger partial charge < -0.3 is 15.2 Å². The summed E-state index contributed by atoms with van der Waals surface area (Å²) >= 11 is 0. The van der Waals surface area contributed by atoms with Crippen molar-refractivity contribution in [1.29, 1.82) is 0 Å². The van der Waals surface area contributed by atoms with Crippen molar-refractivity contribution in [2.24, 2.45) is 0 Å². The molecule has 0 saturated carbocycles. The molecule has 2 rings (SSSR count). The van der Waals surface area contributed by atoms with Gasteiger partial charge in [0.15, 0.2) is 6.61 Å². The highest BCUT2D eigenvalue weighted by Gasteiger charge is 2.15. The smallest absolute Gasteiger partial charge is 0.342 e. The van der Waals surface area contributed by atoms with E-state index < -0.39 is 23.4 Å². The van der Waals surface area contributed by atoms with E-state index in [4.69, 9.17) is 4.74 Å². The fourth-order valence-electron chi connectivity index (χ4n) is 1.90. The van der Waals surface area contributed by atoms with Gasteiger partial charge in [0.05, 0.1) is 4.92 Å². The highest BCUT2D eigenvalue weighted by Crippen LogP contribution is 2.22. The van der Waals surface area contributed by atoms with Gasteiger partial charge in [-0.05, 0) is 30.7 Å². The maximum absolute atomic E-state index is 11.9. The van der Waals surface area contributed by atoms with Crippen molar-refractivity contribution in [2.75, 3.05) is 11.9 Å². The molecule has 2 N–H and O–H groups in total. The van der Waals surface area contributed by atoms with Gasteiger partial charge in [-0.1, -0.05) is 12.1 Å². The molecular weight excluding hydrogens is 316 g/mol. The number of ether oxygens (including phenoxy) is 1. The first-order chi connectivity index (χ1) is 11.4. The van der Waals surface area contributed by atoms with Crippen LogP contribution in [0, 0.1) is 17.0 Å². The van der Waals surface area contributed by atoms with Crippen LogP contribution in [0.2, 0.25) is 0 Å². The number of benzene rings is 2. The summed E-state index contributed by atoms with van der Waals surface area (Å²) in [5.41, 5.74) is 0.715. The van der Waals surface area contributed by atoms with Crippen LogP contribution < -0.4 is 5.32 Å². The molecule has 2 aromatic carbocycles. The molecule has 0 heterocycles. The molecule has 0 saturated heterocycles. The number of nitro benzene ring substituents is 1. The maximum atomic E-state index is 11.9. The van der Waals surface area contributed by atoms with E-state index in [9.17, 15) is 24.8 Å². The van der Waals surface area contributed by atoms with E-state index in [1.54, 1.807) is 19.1 Å². The Balaban J connectivity index is 1.92. The Kier molecular flexibility index (Phi) is 5.10. The van der Waals surface area contributed by atoms with E-state index in [0.717, 1.165) is 0 Å². The third kappa shape index (κ3) is 4.07. The number of rotatable bonds is 5. The molecule has 2 aromatic rings. The monoisotopic (exact) mass is 330 g/mol. The second-order valence-electron chi connectivity index (χ2n) is 4.90. The Morgan fingerprint density at radius 2 is 1.88 bits per heavy atom. The van der Waals surface area contributed by atoms with Crippen molar-refractivity contribution in [3.63, 3.8) is 0 Å². The molecule has 0 aliphatic heterocycles. The molecule has 0 spiro atoms. The Bertz CT molecular complexity index is 786. The number of para-hydroxylation sites is 1. The van der Waals surface area contributed by atoms with Gasteiger partial charge in [0.25, 0.3) is 11.6 Å². The Labute approximate surface area is 136 Å². The predicted molar refractivity (Wildman–Crippen MR) is 84.9 cm³/mol. The number of esters is 1. The lowest BCUT2D eigenvalue weighted by Crippen LogP contribution is -2.21. The zero-order chi connectivity index (χ0) is 17.7. The van der Waals surface area contributed by atoms with Gasteiger partial charge in [-0.2, -0.15) is 0 Å². The van der Waals surface area contributed by atoms with E-state index in [2.05, 4.69) is 5.32 Å². The van der Waals surface area contributed by atoms with Crippen LogP contribution in [-0.2, 0) is 9.53 Å². The highest BCUT2D eigenvalue weighted by molar-refractivity contribution is 5.97. The summed E-state index contributed by atoms with van der Waals surface area (Å²) in [4.78, 5) is 33.6. The van der Waals surface area contributed by atoms with Crippen molar-refractivity contribution < 1.29 is 24.4 Å². The average Bonchev–Trinajstić information content (AvgIpc) is 2.55. The number of nitrogens with one attached hydrogen (secondary N) is 1. The standard InChI is InChI=1S/C16H14N2O6/c1-10-3-2-4-13(15(10)20)16(21)24-9-14(19)17-11-5-7-12(8-6-11)18(22)23/h2-8,20H,9H2,1H3,(H,17,19). The van der Waals surface area contributed by atoms with E-state index in [-0.39, 0.29) is 17.0 Å². The van der Waals surface area contributed by atoms with Gasteiger partial charge in [0.1, 0.15) is 11.3 Å². The number of hydrogen-bond donors (Lipinski definition) is 2. The highest BCUT2D eigenvalue weighted by atomic mass is 16.6. The quantitative estimate of drug-likeness (QED) is 0.493. The second kappa shape index (κ2) is 7.23. The largest absolute Gasteiger partial charge is 0.507 e. The third-order valence-electron chi connectivity index (χ3n) is 3.15. The van der Waals surface area contributed by atoms with Gasteiger partial charge in [-0.25, -0.2) is 4.79 Å². The predicted octanol–water partition coefficient (Wildman–Crippen LogP) is 2.40. The fraction of sp³-hybridized carbons (Fsp3) is 0.125. The molecule has 24 heavy (non-hydrogen) atoms. The number of aromatic hydroxyl groups is 1. The summed E-state index contributed by atoms with van der Waals surface area (Å²) in [7, 11) is 0. The topological polar surface area (TPSA) is 119 Å². The number of hydrogen-bond acceptors (Lipinski definition) is 6. The first-order valence-electron chi connectivity index (χ1n) is 6.88. The zero-order valence-electron chi connectivity index (χ0n) is 12.7. The minimum Gasteiger partial charge on any atom is -0.507 e. The van der Waals surface area contributed by atoms with Crippen LogP contribution in [0.3, 0.4) is 0 Å². The van der Waals surface area contributed by atoms with Gasteiger partial charge >= 0.3 is 5.97 Å². The van der Waals surface area contributed by atoms with Crippen molar-refractivity contribution >= 4 is 23.3 Å². The molecule has 0 bridgehead atoms. The Morgan fingerprint density at radius 1 is 1.21 bits per heavy atom. The van der Waals surface area contributed by atoms with E-state index in [1.807, 2.05) is 0 Å². The van der Waals surface area contributed by atoms with Crippen molar-refractivity contribution in [1.82, 2.24) is 0 Å². The van der Waals surface area contributed by atoms with Crippen LogP contribution >= 0.6 is 0 Å². The molecule has 0 fully saturated rings. The number of nitro groups is 1. The van der Waals surface area contributed by atoms with Crippen molar-refractivity contribution in [3.05, 3.63) is 63.7 Å². The molecule has 0 aromatic heterocycles. The van der Waals surface area contributed by atoms with Crippen LogP contribution in [0.5, 0.6) is 5.75 Å². The fourth-order valence-corrected chi connectivity index (χ4v) is 1.90. The lowest BCUT2D eigenvalue weighted by molar-refractivity contribution is -0.384. The summed E-state index contributed by atoms with van der Waals surface area (Å²) in [5.74, 6) is -1.63. The normalized spacial score (nSPS) is 10.0. The number of phenols is 1.